The molecule has 1 aromatic heterocycles. The Morgan fingerprint density at radius 1 is 1.11 bits per heavy atom. The second-order valence-corrected chi connectivity index (χ2v) is 7.68. The minimum Gasteiger partial charge on any atom is -0.495 e. The quantitative estimate of drug-likeness (QED) is 0.390. The Morgan fingerprint density at radius 2 is 1.85 bits per heavy atom. The van der Waals surface area contributed by atoms with Gasteiger partial charge in [0.05, 0.1) is 18.6 Å². The van der Waals surface area contributed by atoms with Crippen LogP contribution < -0.4 is 20.9 Å². The van der Waals surface area contributed by atoms with Gasteiger partial charge in [0, 0.05) is 5.69 Å². The smallest absolute Gasteiger partial charge is 0.248 e. The summed E-state index contributed by atoms with van der Waals surface area (Å²) in [4.78, 5) is 12.0. The maximum atomic E-state index is 12.0. The van der Waals surface area contributed by atoms with Crippen LogP contribution in [-0.2, 0) is 4.79 Å². The van der Waals surface area contributed by atoms with Crippen LogP contribution in [0.4, 0.5) is 16.5 Å². The summed E-state index contributed by atoms with van der Waals surface area (Å²) in [6.07, 6.45) is 0. The number of para-hydroxylation sites is 3. The standard InChI is InChI=1S/C18H19N5O2S2/c1-12-7-3-4-8-13(12)19-17-22-23-18(27-17)26-11-16(24)21-20-14-9-5-6-10-15(14)25-2/h3-10,20H,11H2,1-2H3,(H,19,22)(H,21,24). The molecule has 7 nitrogen and oxygen atoms in total. The first kappa shape index (κ1) is 19.0. The maximum absolute atomic E-state index is 12.0. The minimum atomic E-state index is -0.172. The highest BCUT2D eigenvalue weighted by Gasteiger charge is 2.09. The van der Waals surface area contributed by atoms with Crippen LogP contribution in [0.1, 0.15) is 5.56 Å². The topological polar surface area (TPSA) is 88.2 Å². The lowest BCUT2D eigenvalue weighted by molar-refractivity contribution is -0.118. The Morgan fingerprint density at radius 3 is 2.63 bits per heavy atom. The van der Waals surface area contributed by atoms with Gasteiger partial charge in [-0.25, -0.2) is 0 Å². The molecule has 0 fully saturated rings. The molecule has 0 saturated heterocycles. The highest BCUT2D eigenvalue weighted by Crippen LogP contribution is 2.28. The zero-order chi connectivity index (χ0) is 19.1. The Balaban J connectivity index is 1.48. The third-order valence-corrected chi connectivity index (χ3v) is 5.54. The fourth-order valence-electron chi connectivity index (χ4n) is 2.20. The Bertz CT molecular complexity index is 916. The molecule has 0 aliphatic carbocycles. The van der Waals surface area contributed by atoms with Gasteiger partial charge in [0.2, 0.25) is 11.0 Å². The number of carbonyl (C=O) groups excluding carboxylic acids is 1. The number of hydrogen-bond donors (Lipinski definition) is 3. The van der Waals surface area contributed by atoms with Crippen LogP contribution in [0.15, 0.2) is 52.9 Å². The second-order valence-electron chi connectivity index (χ2n) is 5.48. The van der Waals surface area contributed by atoms with Gasteiger partial charge in [-0.05, 0) is 30.7 Å². The number of aryl methyl sites for hydroxylation is 1. The highest BCUT2D eigenvalue weighted by molar-refractivity contribution is 8.01. The van der Waals surface area contributed by atoms with Crippen molar-refractivity contribution in [3.8, 4) is 5.75 Å². The van der Waals surface area contributed by atoms with Crippen molar-refractivity contribution in [2.75, 3.05) is 23.6 Å². The number of rotatable bonds is 8. The van der Waals surface area contributed by atoms with Gasteiger partial charge >= 0.3 is 0 Å². The lowest BCUT2D eigenvalue weighted by atomic mass is 10.2. The van der Waals surface area contributed by atoms with Crippen LogP contribution in [0, 0.1) is 6.92 Å². The van der Waals surface area contributed by atoms with Crippen molar-refractivity contribution in [1.82, 2.24) is 15.6 Å². The molecule has 1 heterocycles. The van der Waals surface area contributed by atoms with Crippen LogP contribution in [0.2, 0.25) is 0 Å². The van der Waals surface area contributed by atoms with Crippen LogP contribution >= 0.6 is 23.1 Å². The summed E-state index contributed by atoms with van der Waals surface area (Å²) in [7, 11) is 1.58. The molecule has 0 aliphatic heterocycles. The third-order valence-electron chi connectivity index (χ3n) is 3.56. The van der Waals surface area contributed by atoms with Gasteiger partial charge in [-0.1, -0.05) is 53.4 Å². The zero-order valence-corrected chi connectivity index (χ0v) is 16.5. The van der Waals surface area contributed by atoms with Gasteiger partial charge in [-0.15, -0.1) is 10.2 Å². The summed E-state index contributed by atoms with van der Waals surface area (Å²) < 4.78 is 5.95. The maximum Gasteiger partial charge on any atom is 0.248 e. The average Bonchev–Trinajstić information content (AvgIpc) is 3.14. The molecule has 3 rings (SSSR count). The predicted molar refractivity (Wildman–Crippen MR) is 110 cm³/mol. The van der Waals surface area contributed by atoms with E-state index in [1.165, 1.54) is 23.1 Å². The molecule has 3 aromatic rings. The number of amides is 1. The van der Waals surface area contributed by atoms with Crippen LogP contribution in [0.25, 0.3) is 0 Å². The highest BCUT2D eigenvalue weighted by atomic mass is 32.2. The number of benzene rings is 2. The van der Waals surface area contributed by atoms with E-state index < -0.39 is 0 Å². The number of hydrazine groups is 1. The average molecular weight is 402 g/mol. The fourth-order valence-corrected chi connectivity index (χ4v) is 3.76. The van der Waals surface area contributed by atoms with E-state index in [1.54, 1.807) is 7.11 Å². The van der Waals surface area contributed by atoms with E-state index in [1.807, 2.05) is 55.5 Å². The number of carbonyl (C=O) groups is 1. The zero-order valence-electron chi connectivity index (χ0n) is 14.9. The number of anilines is 3. The number of methoxy groups -OCH3 is 1. The minimum absolute atomic E-state index is 0.172. The fraction of sp³-hybridized carbons (Fsp3) is 0.167. The van der Waals surface area contributed by atoms with Gasteiger partial charge in [0.25, 0.3) is 0 Å². The van der Waals surface area contributed by atoms with Crippen molar-refractivity contribution in [3.63, 3.8) is 0 Å². The van der Waals surface area contributed by atoms with E-state index in [4.69, 9.17) is 4.74 Å². The second kappa shape index (κ2) is 9.24. The van der Waals surface area contributed by atoms with Crippen molar-refractivity contribution in [2.24, 2.45) is 0 Å². The first-order valence-corrected chi connectivity index (χ1v) is 9.93. The molecule has 0 spiro atoms. The normalized spacial score (nSPS) is 10.3. The van der Waals surface area contributed by atoms with Gasteiger partial charge in [0.15, 0.2) is 4.34 Å². The van der Waals surface area contributed by atoms with E-state index in [0.29, 0.717) is 16.6 Å². The van der Waals surface area contributed by atoms with Crippen molar-refractivity contribution in [3.05, 3.63) is 54.1 Å². The number of ether oxygens (including phenoxy) is 1. The lowest BCUT2D eigenvalue weighted by Crippen LogP contribution is -2.30. The molecule has 27 heavy (non-hydrogen) atoms. The summed E-state index contributed by atoms with van der Waals surface area (Å²) >= 11 is 2.74. The molecule has 3 N–H and O–H groups in total. The Kier molecular flexibility index (Phi) is 6.50. The van der Waals surface area contributed by atoms with Gasteiger partial charge in [-0.3, -0.25) is 15.6 Å². The third kappa shape index (κ3) is 5.35. The molecule has 0 unspecified atom stereocenters. The van der Waals surface area contributed by atoms with Crippen molar-refractivity contribution in [1.29, 1.82) is 0 Å². The van der Waals surface area contributed by atoms with Crippen LogP contribution in [-0.4, -0.2) is 29.0 Å². The first-order chi connectivity index (χ1) is 13.2. The monoisotopic (exact) mass is 401 g/mol. The summed E-state index contributed by atoms with van der Waals surface area (Å²) in [5.74, 6) is 0.706. The number of nitrogens with one attached hydrogen (secondary N) is 3. The largest absolute Gasteiger partial charge is 0.495 e. The molecule has 9 heteroatoms. The molecule has 0 aliphatic rings. The van der Waals surface area contributed by atoms with Crippen LogP contribution in [0.3, 0.4) is 0 Å². The van der Waals surface area contributed by atoms with E-state index >= 15 is 0 Å². The van der Waals surface area contributed by atoms with E-state index in [2.05, 4.69) is 26.4 Å². The molecule has 1 amide bonds. The summed E-state index contributed by atoms with van der Waals surface area (Å²) in [5.41, 5.74) is 8.32. The van der Waals surface area contributed by atoms with Gasteiger partial charge in [0.1, 0.15) is 5.75 Å². The Hall–Kier alpha value is -2.78. The number of aromatic nitrogens is 2. The predicted octanol–water partition coefficient (Wildman–Crippen LogP) is 3.83. The summed E-state index contributed by atoms with van der Waals surface area (Å²) in [6, 6.07) is 15.3. The number of hydrogen-bond acceptors (Lipinski definition) is 8. The summed E-state index contributed by atoms with van der Waals surface area (Å²) in [6.45, 7) is 2.03. The van der Waals surface area contributed by atoms with Gasteiger partial charge in [-0.2, -0.15) is 0 Å². The summed E-state index contributed by atoms with van der Waals surface area (Å²) in [5, 5.41) is 12.2. The van der Waals surface area contributed by atoms with Crippen molar-refractivity contribution >= 4 is 45.5 Å². The molecule has 2 aromatic carbocycles. The SMILES string of the molecule is COc1ccccc1NNC(=O)CSc1nnc(Nc2ccccc2C)s1. The molecule has 0 bridgehead atoms. The number of nitrogens with zero attached hydrogens (tertiary/aromatic N) is 2. The van der Waals surface area contributed by atoms with E-state index in [-0.39, 0.29) is 11.7 Å². The van der Waals surface area contributed by atoms with Crippen molar-refractivity contribution in [2.45, 2.75) is 11.3 Å². The lowest BCUT2D eigenvalue weighted by Gasteiger charge is -2.11. The number of thioether (sulfide) groups is 1. The molecule has 0 atom stereocenters. The molecular weight excluding hydrogens is 382 g/mol. The van der Waals surface area contributed by atoms with Crippen molar-refractivity contribution < 1.29 is 9.53 Å². The van der Waals surface area contributed by atoms with E-state index in [0.717, 1.165) is 15.6 Å². The Labute approximate surface area is 165 Å². The molecular formula is C18H19N5O2S2. The van der Waals surface area contributed by atoms with Crippen LogP contribution in [0.5, 0.6) is 5.75 Å². The first-order valence-electron chi connectivity index (χ1n) is 8.12. The van der Waals surface area contributed by atoms with E-state index in [9.17, 15) is 4.79 Å². The molecule has 140 valence electrons. The molecule has 0 radical (unpaired) electrons. The molecule has 0 saturated carbocycles. The van der Waals surface area contributed by atoms with Gasteiger partial charge < -0.3 is 10.1 Å².